The van der Waals surface area contributed by atoms with E-state index >= 15 is 0 Å². The lowest BCUT2D eigenvalue weighted by molar-refractivity contribution is -0.140. The van der Waals surface area contributed by atoms with Crippen molar-refractivity contribution in [1.29, 1.82) is 0 Å². The van der Waals surface area contributed by atoms with E-state index in [9.17, 15) is 19.1 Å². The Labute approximate surface area is 163 Å². The van der Waals surface area contributed by atoms with Crippen molar-refractivity contribution in [2.75, 3.05) is 0 Å². The van der Waals surface area contributed by atoms with Crippen LogP contribution < -0.4 is 0 Å². The number of Topliss-reactive ketones (excluding diaryl/α,β-unsaturated/α-hetero) is 1. The van der Waals surface area contributed by atoms with E-state index in [2.05, 4.69) is 4.98 Å². The second-order valence-corrected chi connectivity index (χ2v) is 7.02. The number of hydrogen-bond donors (Lipinski definition) is 2. The largest absolute Gasteiger partial charge is 0.481 e. The highest BCUT2D eigenvalue weighted by molar-refractivity contribution is 5.95. The molecule has 2 rings (SSSR count). The van der Waals surface area contributed by atoms with Crippen molar-refractivity contribution in [3.63, 3.8) is 0 Å². The first-order chi connectivity index (χ1) is 13.2. The molecule has 1 atom stereocenters. The first-order valence-electron chi connectivity index (χ1n) is 9.04. The zero-order valence-corrected chi connectivity index (χ0v) is 16.1. The van der Waals surface area contributed by atoms with Gasteiger partial charge in [0.2, 0.25) is 0 Å². The number of aliphatic hydroxyl groups is 1. The summed E-state index contributed by atoms with van der Waals surface area (Å²) in [6.45, 7) is 5.95. The number of rotatable bonds is 8. The molecule has 1 aromatic carbocycles. The summed E-state index contributed by atoms with van der Waals surface area (Å²) < 4.78 is 13.3. The molecule has 5 nitrogen and oxygen atoms in total. The molecule has 0 aliphatic rings. The Balaban J connectivity index is 2.41. The molecule has 0 spiro atoms. The third-order valence-corrected chi connectivity index (χ3v) is 4.23. The first kappa shape index (κ1) is 21.4. The summed E-state index contributed by atoms with van der Waals surface area (Å²) in [6.07, 6.45) is 1.17. The predicted octanol–water partition coefficient (Wildman–Crippen LogP) is 4.13. The van der Waals surface area contributed by atoms with Crippen molar-refractivity contribution in [3.8, 4) is 11.3 Å². The highest BCUT2D eigenvalue weighted by Crippen LogP contribution is 2.31. The van der Waals surface area contributed by atoms with E-state index in [1.54, 1.807) is 18.2 Å². The molecule has 0 aliphatic heterocycles. The summed E-state index contributed by atoms with van der Waals surface area (Å²) in [5.74, 6) is -1.93. The fraction of sp³-hybridized carbons (Fsp3) is 0.318. The molecule has 0 saturated carbocycles. The first-order valence-corrected chi connectivity index (χ1v) is 9.04. The van der Waals surface area contributed by atoms with Crippen LogP contribution in [0.15, 0.2) is 36.4 Å². The normalized spacial score (nSPS) is 12.5. The van der Waals surface area contributed by atoms with Crippen LogP contribution in [0.1, 0.15) is 49.4 Å². The van der Waals surface area contributed by atoms with Gasteiger partial charge in [-0.1, -0.05) is 26.0 Å². The van der Waals surface area contributed by atoms with Gasteiger partial charge in [0.25, 0.3) is 0 Å². The molecule has 2 N–H and O–H groups in total. The summed E-state index contributed by atoms with van der Waals surface area (Å²) in [5, 5.41) is 18.8. The minimum absolute atomic E-state index is 0.173. The fourth-order valence-corrected chi connectivity index (χ4v) is 2.94. The van der Waals surface area contributed by atoms with E-state index in [4.69, 9.17) is 5.11 Å². The highest BCUT2D eigenvalue weighted by Gasteiger charge is 2.16. The molecule has 0 saturated heterocycles. The van der Waals surface area contributed by atoms with Crippen LogP contribution in [0.5, 0.6) is 0 Å². The zero-order chi connectivity index (χ0) is 20.8. The van der Waals surface area contributed by atoms with Gasteiger partial charge in [0.15, 0.2) is 0 Å². The summed E-state index contributed by atoms with van der Waals surface area (Å²) in [5.41, 5.74) is 3.99. The Kier molecular flexibility index (Phi) is 7.18. The molecule has 6 heteroatoms. The summed E-state index contributed by atoms with van der Waals surface area (Å²) in [7, 11) is 0. The molecule has 28 heavy (non-hydrogen) atoms. The number of aryl methyl sites for hydroxylation is 1. The number of aliphatic carboxylic acids is 1. The summed E-state index contributed by atoms with van der Waals surface area (Å²) in [4.78, 5) is 26.8. The second-order valence-electron chi connectivity index (χ2n) is 7.02. The molecule has 1 aromatic heterocycles. The molecule has 2 aromatic rings. The van der Waals surface area contributed by atoms with E-state index in [1.807, 2.05) is 26.8 Å². The maximum atomic E-state index is 13.3. The van der Waals surface area contributed by atoms with Crippen molar-refractivity contribution in [2.24, 2.45) is 0 Å². The number of carbonyl (C=O) groups is 2. The van der Waals surface area contributed by atoms with E-state index in [0.29, 0.717) is 5.69 Å². The van der Waals surface area contributed by atoms with E-state index in [1.165, 1.54) is 18.2 Å². The van der Waals surface area contributed by atoms with Crippen LogP contribution >= 0.6 is 0 Å². The molecular formula is C22H24FNO4. The topological polar surface area (TPSA) is 87.5 Å². The number of aromatic nitrogens is 1. The van der Waals surface area contributed by atoms with Crippen molar-refractivity contribution < 1.29 is 24.2 Å². The Morgan fingerprint density at radius 1 is 1.21 bits per heavy atom. The Morgan fingerprint density at radius 2 is 1.86 bits per heavy atom. The lowest BCUT2D eigenvalue weighted by Crippen LogP contribution is -2.14. The van der Waals surface area contributed by atoms with Crippen LogP contribution in [0.25, 0.3) is 17.3 Å². The van der Waals surface area contributed by atoms with Gasteiger partial charge in [0.05, 0.1) is 11.8 Å². The highest BCUT2D eigenvalue weighted by atomic mass is 19.1. The molecule has 0 fully saturated rings. The lowest BCUT2D eigenvalue weighted by Gasteiger charge is -2.16. The van der Waals surface area contributed by atoms with E-state index in [-0.39, 0.29) is 18.2 Å². The maximum absolute atomic E-state index is 13.3. The van der Waals surface area contributed by atoms with Crippen LogP contribution in [-0.2, 0) is 9.59 Å². The van der Waals surface area contributed by atoms with Crippen molar-refractivity contribution in [2.45, 2.75) is 45.6 Å². The number of benzene rings is 1. The standard InChI is InChI=1S/C22H24FNO4/c1-13(2)20-10-14(3)24-22(15-4-6-16(23)7-5-15)19(20)9-8-17(25)11-18(26)12-21(27)28/h4-10,13,17,25H,11-12H2,1-3H3,(H,27,28)/b9-8+. The van der Waals surface area contributed by atoms with Crippen LogP contribution in [0.2, 0.25) is 0 Å². The van der Waals surface area contributed by atoms with Gasteiger partial charge in [0, 0.05) is 23.2 Å². The third-order valence-electron chi connectivity index (χ3n) is 4.23. The van der Waals surface area contributed by atoms with Crippen molar-refractivity contribution >= 4 is 17.8 Å². The van der Waals surface area contributed by atoms with Crippen LogP contribution in [0.4, 0.5) is 4.39 Å². The van der Waals surface area contributed by atoms with Gasteiger partial charge in [-0.05, 0) is 48.7 Å². The molecular weight excluding hydrogens is 361 g/mol. The smallest absolute Gasteiger partial charge is 0.310 e. The van der Waals surface area contributed by atoms with Crippen molar-refractivity contribution in [3.05, 3.63) is 59.0 Å². The lowest BCUT2D eigenvalue weighted by atomic mass is 9.92. The Hall–Kier alpha value is -2.86. The van der Waals surface area contributed by atoms with Gasteiger partial charge >= 0.3 is 5.97 Å². The molecule has 1 heterocycles. The van der Waals surface area contributed by atoms with Gasteiger partial charge in [-0.2, -0.15) is 0 Å². The SMILES string of the molecule is Cc1cc(C(C)C)c(/C=C/C(O)CC(=O)CC(=O)O)c(-c2ccc(F)cc2)n1. The number of aliphatic hydroxyl groups excluding tert-OH is 1. The molecule has 148 valence electrons. The minimum atomic E-state index is -1.22. The van der Waals surface area contributed by atoms with Gasteiger partial charge < -0.3 is 10.2 Å². The van der Waals surface area contributed by atoms with Crippen LogP contribution in [0.3, 0.4) is 0 Å². The minimum Gasteiger partial charge on any atom is -0.481 e. The maximum Gasteiger partial charge on any atom is 0.310 e. The van der Waals surface area contributed by atoms with Crippen LogP contribution in [0, 0.1) is 12.7 Å². The number of carbonyl (C=O) groups excluding carboxylic acids is 1. The van der Waals surface area contributed by atoms with E-state index in [0.717, 1.165) is 22.4 Å². The monoisotopic (exact) mass is 385 g/mol. The third kappa shape index (κ3) is 5.82. The second kappa shape index (κ2) is 9.37. The Morgan fingerprint density at radius 3 is 2.43 bits per heavy atom. The van der Waals surface area contributed by atoms with Gasteiger partial charge in [0.1, 0.15) is 18.0 Å². The van der Waals surface area contributed by atoms with Gasteiger partial charge in [-0.3, -0.25) is 14.6 Å². The predicted molar refractivity (Wildman–Crippen MR) is 105 cm³/mol. The number of nitrogens with zero attached hydrogens (tertiary/aromatic N) is 1. The zero-order valence-electron chi connectivity index (χ0n) is 16.1. The number of carboxylic acid groups (broad SMARTS) is 1. The number of hydrogen-bond acceptors (Lipinski definition) is 4. The number of halogens is 1. The molecule has 0 radical (unpaired) electrons. The van der Waals surface area contributed by atoms with Gasteiger partial charge in [-0.15, -0.1) is 0 Å². The number of ketones is 1. The van der Waals surface area contributed by atoms with Crippen LogP contribution in [-0.4, -0.2) is 33.1 Å². The Bertz CT molecular complexity index is 888. The number of pyridine rings is 1. The average Bonchev–Trinajstić information content (AvgIpc) is 2.59. The van der Waals surface area contributed by atoms with E-state index < -0.39 is 24.3 Å². The molecule has 0 aliphatic carbocycles. The van der Waals surface area contributed by atoms with Crippen molar-refractivity contribution in [1.82, 2.24) is 4.98 Å². The molecule has 0 bridgehead atoms. The average molecular weight is 385 g/mol. The summed E-state index contributed by atoms with van der Waals surface area (Å²) >= 11 is 0. The molecule has 1 unspecified atom stereocenters. The number of carboxylic acids is 1. The quantitative estimate of drug-likeness (QED) is 0.667. The fourth-order valence-electron chi connectivity index (χ4n) is 2.94. The molecule has 0 amide bonds. The van der Waals surface area contributed by atoms with Gasteiger partial charge in [-0.25, -0.2) is 4.39 Å². The summed E-state index contributed by atoms with van der Waals surface area (Å²) in [6, 6.07) is 7.97.